The Hall–Kier alpha value is -2.28. The van der Waals surface area contributed by atoms with Gasteiger partial charge in [-0.15, -0.1) is 0 Å². The molecule has 2 aromatic rings. The van der Waals surface area contributed by atoms with Crippen LogP contribution in [0.25, 0.3) is 5.69 Å². The van der Waals surface area contributed by atoms with Gasteiger partial charge in [-0.2, -0.15) is 5.10 Å². The van der Waals surface area contributed by atoms with Crippen molar-refractivity contribution >= 4 is 11.6 Å². The predicted molar refractivity (Wildman–Crippen MR) is 63.6 cm³/mol. The van der Waals surface area contributed by atoms with Crippen LogP contribution < -0.4 is 11.1 Å². The molecule has 0 bridgehead atoms. The van der Waals surface area contributed by atoms with Gasteiger partial charge < -0.3 is 11.1 Å². The molecule has 0 spiro atoms. The SMILES string of the molecule is C[C@@H](N)C(=O)Nc1ccc(-n2cncn2)c(F)c1. The predicted octanol–water partition coefficient (Wildman–Crippen LogP) is 0.692. The summed E-state index contributed by atoms with van der Waals surface area (Å²) < 4.78 is 15.1. The number of anilines is 1. The molecule has 94 valence electrons. The van der Waals surface area contributed by atoms with Gasteiger partial charge in [-0.05, 0) is 25.1 Å². The van der Waals surface area contributed by atoms with Crippen LogP contribution in [-0.2, 0) is 4.79 Å². The highest BCUT2D eigenvalue weighted by Crippen LogP contribution is 2.17. The van der Waals surface area contributed by atoms with Gasteiger partial charge in [-0.25, -0.2) is 14.1 Å². The van der Waals surface area contributed by atoms with E-state index in [1.54, 1.807) is 13.0 Å². The lowest BCUT2D eigenvalue weighted by Crippen LogP contribution is -2.32. The standard InChI is InChI=1S/C11H12FN5O/c1-7(13)11(18)16-8-2-3-10(9(12)4-8)17-6-14-5-15-17/h2-7H,13H2,1H3,(H,16,18)/t7-/m1/s1. The Morgan fingerprint density at radius 1 is 1.56 bits per heavy atom. The van der Waals surface area contributed by atoms with E-state index >= 15 is 0 Å². The highest BCUT2D eigenvalue weighted by atomic mass is 19.1. The van der Waals surface area contributed by atoms with Crippen molar-refractivity contribution in [3.63, 3.8) is 0 Å². The second-order valence-corrected chi connectivity index (χ2v) is 3.78. The van der Waals surface area contributed by atoms with Crippen LogP contribution in [0, 0.1) is 5.82 Å². The number of amides is 1. The van der Waals surface area contributed by atoms with Gasteiger partial charge >= 0.3 is 0 Å². The van der Waals surface area contributed by atoms with E-state index in [9.17, 15) is 9.18 Å². The maximum absolute atomic E-state index is 13.8. The van der Waals surface area contributed by atoms with Crippen molar-refractivity contribution in [3.05, 3.63) is 36.7 Å². The Kier molecular flexibility index (Phi) is 3.33. The number of aromatic nitrogens is 3. The zero-order chi connectivity index (χ0) is 13.1. The maximum Gasteiger partial charge on any atom is 0.241 e. The Labute approximate surface area is 103 Å². The molecule has 0 aliphatic carbocycles. The van der Waals surface area contributed by atoms with Crippen LogP contribution in [-0.4, -0.2) is 26.7 Å². The Morgan fingerprint density at radius 3 is 2.89 bits per heavy atom. The number of hydrogen-bond donors (Lipinski definition) is 2. The van der Waals surface area contributed by atoms with Crippen molar-refractivity contribution in [2.75, 3.05) is 5.32 Å². The molecule has 1 atom stereocenters. The quantitative estimate of drug-likeness (QED) is 0.838. The molecular formula is C11H12FN5O. The number of benzene rings is 1. The fourth-order valence-electron chi connectivity index (χ4n) is 1.36. The third-order valence-corrected chi connectivity index (χ3v) is 2.29. The van der Waals surface area contributed by atoms with E-state index in [1.165, 1.54) is 29.5 Å². The van der Waals surface area contributed by atoms with E-state index in [0.717, 1.165) is 0 Å². The van der Waals surface area contributed by atoms with Gasteiger partial charge in [0, 0.05) is 5.69 Å². The summed E-state index contributed by atoms with van der Waals surface area (Å²) in [5.74, 6) is -0.883. The van der Waals surface area contributed by atoms with E-state index < -0.39 is 11.9 Å². The molecule has 2 rings (SSSR count). The van der Waals surface area contributed by atoms with Gasteiger partial charge in [0.15, 0.2) is 5.82 Å². The van der Waals surface area contributed by atoms with E-state index in [2.05, 4.69) is 15.4 Å². The largest absolute Gasteiger partial charge is 0.325 e. The van der Waals surface area contributed by atoms with Gasteiger partial charge in [-0.1, -0.05) is 0 Å². The average Bonchev–Trinajstić information content (AvgIpc) is 2.82. The first kappa shape index (κ1) is 12.2. The van der Waals surface area contributed by atoms with Crippen molar-refractivity contribution in [2.24, 2.45) is 5.73 Å². The number of nitrogens with one attached hydrogen (secondary N) is 1. The van der Waals surface area contributed by atoms with Gasteiger partial charge in [0.1, 0.15) is 18.3 Å². The molecule has 1 heterocycles. The minimum atomic E-state index is -0.650. The summed E-state index contributed by atoms with van der Waals surface area (Å²) in [6.07, 6.45) is 2.70. The smallest absolute Gasteiger partial charge is 0.241 e. The van der Waals surface area contributed by atoms with Crippen molar-refractivity contribution < 1.29 is 9.18 Å². The molecule has 0 radical (unpaired) electrons. The molecule has 6 nitrogen and oxygen atoms in total. The number of nitrogens with zero attached hydrogens (tertiary/aromatic N) is 3. The lowest BCUT2D eigenvalue weighted by atomic mass is 10.2. The first-order valence-corrected chi connectivity index (χ1v) is 5.29. The van der Waals surface area contributed by atoms with Gasteiger partial charge in [0.2, 0.25) is 5.91 Å². The normalized spacial score (nSPS) is 12.2. The number of halogens is 1. The number of nitrogens with two attached hydrogens (primary N) is 1. The molecule has 1 aromatic carbocycles. The van der Waals surface area contributed by atoms with E-state index in [4.69, 9.17) is 5.73 Å². The lowest BCUT2D eigenvalue weighted by molar-refractivity contribution is -0.117. The molecule has 0 saturated carbocycles. The van der Waals surface area contributed by atoms with Crippen LogP contribution in [0.3, 0.4) is 0 Å². The Bertz CT molecular complexity index is 553. The summed E-state index contributed by atoms with van der Waals surface area (Å²) in [4.78, 5) is 15.1. The number of hydrogen-bond acceptors (Lipinski definition) is 4. The van der Waals surface area contributed by atoms with E-state index in [0.29, 0.717) is 5.69 Å². The summed E-state index contributed by atoms with van der Waals surface area (Å²) >= 11 is 0. The van der Waals surface area contributed by atoms with Crippen LogP contribution in [0.2, 0.25) is 0 Å². The molecule has 1 amide bonds. The summed E-state index contributed by atoms with van der Waals surface area (Å²) in [6, 6.07) is 3.63. The Morgan fingerprint density at radius 2 is 2.33 bits per heavy atom. The molecular weight excluding hydrogens is 237 g/mol. The molecule has 0 saturated heterocycles. The van der Waals surface area contributed by atoms with Gasteiger partial charge in [0.25, 0.3) is 0 Å². The highest BCUT2D eigenvalue weighted by molar-refractivity contribution is 5.94. The van der Waals surface area contributed by atoms with Crippen LogP contribution in [0.15, 0.2) is 30.9 Å². The maximum atomic E-state index is 13.8. The Balaban J connectivity index is 2.23. The molecule has 0 unspecified atom stereocenters. The van der Waals surface area contributed by atoms with Gasteiger partial charge in [0.05, 0.1) is 6.04 Å². The van der Waals surface area contributed by atoms with Crippen molar-refractivity contribution in [3.8, 4) is 5.69 Å². The summed E-state index contributed by atoms with van der Waals surface area (Å²) in [7, 11) is 0. The van der Waals surface area contributed by atoms with Crippen molar-refractivity contribution in [1.29, 1.82) is 0 Å². The molecule has 3 N–H and O–H groups in total. The van der Waals surface area contributed by atoms with Crippen molar-refractivity contribution in [2.45, 2.75) is 13.0 Å². The topological polar surface area (TPSA) is 85.8 Å². The van der Waals surface area contributed by atoms with E-state index in [-0.39, 0.29) is 11.6 Å². The van der Waals surface area contributed by atoms with Crippen LogP contribution in [0.4, 0.5) is 10.1 Å². The zero-order valence-corrected chi connectivity index (χ0v) is 9.67. The van der Waals surface area contributed by atoms with Crippen LogP contribution in [0.1, 0.15) is 6.92 Å². The monoisotopic (exact) mass is 249 g/mol. The highest BCUT2D eigenvalue weighted by Gasteiger charge is 2.10. The second-order valence-electron chi connectivity index (χ2n) is 3.78. The minimum Gasteiger partial charge on any atom is -0.325 e. The fourth-order valence-corrected chi connectivity index (χ4v) is 1.36. The number of rotatable bonds is 3. The van der Waals surface area contributed by atoms with Crippen molar-refractivity contribution in [1.82, 2.24) is 14.8 Å². The number of carbonyl (C=O) groups excluding carboxylic acids is 1. The number of carbonyl (C=O) groups is 1. The second kappa shape index (κ2) is 4.92. The van der Waals surface area contributed by atoms with Crippen LogP contribution >= 0.6 is 0 Å². The third-order valence-electron chi connectivity index (χ3n) is 2.29. The fraction of sp³-hybridized carbons (Fsp3) is 0.182. The molecule has 0 fully saturated rings. The molecule has 18 heavy (non-hydrogen) atoms. The van der Waals surface area contributed by atoms with Gasteiger partial charge in [-0.3, -0.25) is 4.79 Å². The molecule has 7 heteroatoms. The summed E-state index contributed by atoms with van der Waals surface area (Å²) in [6.45, 7) is 1.55. The molecule has 1 aromatic heterocycles. The molecule has 0 aliphatic rings. The third kappa shape index (κ3) is 2.51. The lowest BCUT2D eigenvalue weighted by Gasteiger charge is -2.09. The molecule has 0 aliphatic heterocycles. The average molecular weight is 249 g/mol. The first-order chi connectivity index (χ1) is 8.58. The first-order valence-electron chi connectivity index (χ1n) is 5.29. The van der Waals surface area contributed by atoms with E-state index in [1.807, 2.05) is 0 Å². The minimum absolute atomic E-state index is 0.256. The van der Waals surface area contributed by atoms with Crippen LogP contribution in [0.5, 0.6) is 0 Å². The summed E-state index contributed by atoms with van der Waals surface area (Å²) in [5.41, 5.74) is 6.00. The summed E-state index contributed by atoms with van der Waals surface area (Å²) in [5, 5.41) is 6.33. The zero-order valence-electron chi connectivity index (χ0n) is 9.67.